The molecule has 0 bridgehead atoms. The number of nitrogens with one attached hydrogen (secondary N) is 1. The zero-order valence-electron chi connectivity index (χ0n) is 13.2. The number of piperazine rings is 1. The first-order valence-corrected chi connectivity index (χ1v) is 8.02. The average molecular weight is 308 g/mol. The minimum absolute atomic E-state index is 0.0112. The summed E-state index contributed by atoms with van der Waals surface area (Å²) in [6.07, 6.45) is 1.87. The molecule has 4 rings (SSSR count). The van der Waals surface area contributed by atoms with Crippen molar-refractivity contribution < 1.29 is 4.79 Å². The van der Waals surface area contributed by atoms with Gasteiger partial charge in [0.05, 0.1) is 5.69 Å². The first-order valence-electron chi connectivity index (χ1n) is 8.02. The van der Waals surface area contributed by atoms with E-state index in [1.165, 1.54) is 5.69 Å². The third kappa shape index (κ3) is 2.57. The summed E-state index contributed by atoms with van der Waals surface area (Å²) in [5.41, 5.74) is 5.03. The minimum Gasteiger partial charge on any atom is -0.369 e. The van der Waals surface area contributed by atoms with Crippen LogP contribution in [0.1, 0.15) is 15.9 Å². The zero-order chi connectivity index (χ0) is 15.8. The van der Waals surface area contributed by atoms with Gasteiger partial charge in [0.1, 0.15) is 0 Å². The molecule has 0 radical (unpaired) electrons. The third-order valence-electron chi connectivity index (χ3n) is 4.73. The number of rotatable bonds is 2. The molecule has 1 fully saturated rings. The first-order chi connectivity index (χ1) is 11.2. The number of aromatic nitrogens is 1. The van der Waals surface area contributed by atoms with Gasteiger partial charge in [-0.3, -0.25) is 9.78 Å². The van der Waals surface area contributed by atoms with Crippen molar-refractivity contribution in [2.45, 2.75) is 6.54 Å². The number of hydrogen-bond donors (Lipinski definition) is 1. The van der Waals surface area contributed by atoms with Crippen LogP contribution in [0.5, 0.6) is 0 Å². The number of likely N-dealkylation sites (N-methyl/N-ethyl adjacent to an activating group) is 1. The van der Waals surface area contributed by atoms with E-state index in [9.17, 15) is 4.79 Å². The second-order valence-corrected chi connectivity index (χ2v) is 6.20. The van der Waals surface area contributed by atoms with Gasteiger partial charge >= 0.3 is 0 Å². The molecule has 5 nitrogen and oxygen atoms in total. The van der Waals surface area contributed by atoms with E-state index in [4.69, 9.17) is 0 Å². The highest BCUT2D eigenvalue weighted by Crippen LogP contribution is 2.30. The van der Waals surface area contributed by atoms with E-state index in [1.807, 2.05) is 18.3 Å². The van der Waals surface area contributed by atoms with Gasteiger partial charge in [-0.05, 0) is 30.8 Å². The lowest BCUT2D eigenvalue weighted by molar-refractivity contribution is 0.0966. The van der Waals surface area contributed by atoms with E-state index in [2.05, 4.69) is 45.3 Å². The van der Waals surface area contributed by atoms with Crippen molar-refractivity contribution in [1.82, 2.24) is 15.2 Å². The second kappa shape index (κ2) is 5.66. The summed E-state index contributed by atoms with van der Waals surface area (Å²) in [6, 6.07) is 10.1. The molecule has 0 spiro atoms. The van der Waals surface area contributed by atoms with Crippen LogP contribution in [0, 0.1) is 0 Å². The van der Waals surface area contributed by atoms with E-state index in [1.54, 1.807) is 0 Å². The monoisotopic (exact) mass is 308 g/mol. The van der Waals surface area contributed by atoms with Crippen LogP contribution in [-0.4, -0.2) is 49.0 Å². The Balaban J connectivity index is 1.69. The smallest absolute Gasteiger partial charge is 0.251 e. The molecule has 0 unspecified atom stereocenters. The van der Waals surface area contributed by atoms with Gasteiger partial charge < -0.3 is 15.1 Å². The fourth-order valence-corrected chi connectivity index (χ4v) is 3.32. The van der Waals surface area contributed by atoms with Crippen LogP contribution in [0.3, 0.4) is 0 Å². The predicted octanol–water partition coefficient (Wildman–Crippen LogP) is 1.74. The summed E-state index contributed by atoms with van der Waals surface area (Å²) < 4.78 is 0. The topological polar surface area (TPSA) is 48.5 Å². The second-order valence-electron chi connectivity index (χ2n) is 6.20. The van der Waals surface area contributed by atoms with Crippen LogP contribution < -0.4 is 10.2 Å². The number of hydrogen-bond acceptors (Lipinski definition) is 4. The van der Waals surface area contributed by atoms with Gasteiger partial charge in [-0.15, -0.1) is 0 Å². The van der Waals surface area contributed by atoms with Crippen molar-refractivity contribution in [3.05, 3.63) is 47.7 Å². The number of fused-ring (bicyclic) bond motifs is 1. The fraction of sp³-hybridized carbons (Fsp3) is 0.333. The largest absolute Gasteiger partial charge is 0.369 e. The Morgan fingerprint density at radius 3 is 2.70 bits per heavy atom. The van der Waals surface area contributed by atoms with Gasteiger partial charge in [-0.2, -0.15) is 0 Å². The van der Waals surface area contributed by atoms with Gasteiger partial charge in [-0.25, -0.2) is 0 Å². The molecule has 1 aromatic carbocycles. The SMILES string of the molecule is CN1CCN(c2ccnc(-c3cccc4c3CNC4=O)c2)CC1. The lowest BCUT2D eigenvalue weighted by Crippen LogP contribution is -2.44. The average Bonchev–Trinajstić information content (AvgIpc) is 2.97. The molecule has 1 saturated heterocycles. The van der Waals surface area contributed by atoms with Crippen molar-refractivity contribution in [3.8, 4) is 11.3 Å². The minimum atomic E-state index is 0.0112. The Kier molecular flexibility index (Phi) is 3.50. The highest BCUT2D eigenvalue weighted by molar-refractivity contribution is 6.00. The van der Waals surface area contributed by atoms with Gasteiger partial charge in [0.25, 0.3) is 5.91 Å². The highest BCUT2D eigenvalue weighted by atomic mass is 16.1. The lowest BCUT2D eigenvalue weighted by atomic mass is 10.00. The summed E-state index contributed by atoms with van der Waals surface area (Å²) >= 11 is 0. The van der Waals surface area contributed by atoms with Crippen LogP contribution in [0.4, 0.5) is 5.69 Å². The van der Waals surface area contributed by atoms with E-state index in [-0.39, 0.29) is 5.91 Å². The maximum absolute atomic E-state index is 11.8. The van der Waals surface area contributed by atoms with Crippen LogP contribution >= 0.6 is 0 Å². The Bertz CT molecular complexity index is 750. The summed E-state index contributed by atoms with van der Waals surface area (Å²) in [5.74, 6) is 0.0112. The number of amides is 1. The molecular weight excluding hydrogens is 288 g/mol. The summed E-state index contributed by atoms with van der Waals surface area (Å²) in [4.78, 5) is 21.1. The predicted molar refractivity (Wildman–Crippen MR) is 90.6 cm³/mol. The third-order valence-corrected chi connectivity index (χ3v) is 4.73. The van der Waals surface area contributed by atoms with Crippen molar-refractivity contribution in [2.24, 2.45) is 0 Å². The van der Waals surface area contributed by atoms with Crippen LogP contribution in [0.15, 0.2) is 36.5 Å². The van der Waals surface area contributed by atoms with Gasteiger partial charge in [0.15, 0.2) is 0 Å². The van der Waals surface area contributed by atoms with Gasteiger partial charge in [-0.1, -0.05) is 12.1 Å². The molecule has 3 heterocycles. The molecule has 2 aromatic rings. The number of benzene rings is 1. The highest BCUT2D eigenvalue weighted by Gasteiger charge is 2.22. The van der Waals surface area contributed by atoms with Crippen molar-refractivity contribution in [3.63, 3.8) is 0 Å². The van der Waals surface area contributed by atoms with Gasteiger partial charge in [0, 0.05) is 55.7 Å². The maximum atomic E-state index is 11.8. The molecule has 0 atom stereocenters. The molecule has 2 aliphatic rings. The van der Waals surface area contributed by atoms with Crippen molar-refractivity contribution >= 4 is 11.6 Å². The Hall–Kier alpha value is -2.40. The standard InChI is InChI=1S/C18H20N4O/c1-21-7-9-22(10-8-21)13-5-6-19-17(11-13)14-3-2-4-15-16(14)12-20-18(15)23/h2-6,11H,7-10,12H2,1H3,(H,20,23). The molecule has 1 N–H and O–H groups in total. The Morgan fingerprint density at radius 1 is 1.09 bits per heavy atom. The van der Waals surface area contributed by atoms with Crippen LogP contribution in [-0.2, 0) is 6.54 Å². The Morgan fingerprint density at radius 2 is 1.87 bits per heavy atom. The zero-order valence-corrected chi connectivity index (χ0v) is 13.2. The number of anilines is 1. The molecule has 118 valence electrons. The molecule has 1 aromatic heterocycles. The number of pyridine rings is 1. The molecule has 1 amide bonds. The summed E-state index contributed by atoms with van der Waals surface area (Å²) in [7, 11) is 2.16. The lowest BCUT2D eigenvalue weighted by Gasteiger charge is -2.34. The van der Waals surface area contributed by atoms with Crippen LogP contribution in [0.25, 0.3) is 11.3 Å². The number of nitrogens with zero attached hydrogens (tertiary/aromatic N) is 3. The van der Waals surface area contributed by atoms with E-state index in [0.29, 0.717) is 6.54 Å². The van der Waals surface area contributed by atoms with E-state index >= 15 is 0 Å². The van der Waals surface area contributed by atoms with Crippen LogP contribution in [0.2, 0.25) is 0 Å². The number of carbonyl (C=O) groups is 1. The van der Waals surface area contributed by atoms with Crippen molar-refractivity contribution in [2.75, 3.05) is 38.1 Å². The first kappa shape index (κ1) is 14.2. The quantitative estimate of drug-likeness (QED) is 0.918. The summed E-state index contributed by atoms with van der Waals surface area (Å²) in [6.45, 7) is 4.82. The normalized spacial score (nSPS) is 18.0. The molecule has 0 aliphatic carbocycles. The maximum Gasteiger partial charge on any atom is 0.251 e. The summed E-state index contributed by atoms with van der Waals surface area (Å²) in [5, 5.41) is 2.90. The van der Waals surface area contributed by atoms with E-state index in [0.717, 1.165) is 48.6 Å². The molecular formula is C18H20N4O. The van der Waals surface area contributed by atoms with Gasteiger partial charge in [0.2, 0.25) is 0 Å². The Labute approximate surface area is 135 Å². The van der Waals surface area contributed by atoms with Crippen molar-refractivity contribution in [1.29, 1.82) is 0 Å². The fourth-order valence-electron chi connectivity index (χ4n) is 3.32. The van der Waals surface area contributed by atoms with E-state index < -0.39 is 0 Å². The molecule has 0 saturated carbocycles. The molecule has 5 heteroatoms. The molecule has 23 heavy (non-hydrogen) atoms. The molecule has 2 aliphatic heterocycles. The number of carbonyl (C=O) groups excluding carboxylic acids is 1.